The monoisotopic (exact) mass is 395 g/mol. The van der Waals surface area contributed by atoms with Crippen LogP contribution in [-0.4, -0.2) is 34.1 Å². The lowest BCUT2D eigenvalue weighted by atomic mass is 10.0. The van der Waals surface area contributed by atoms with E-state index in [1.54, 1.807) is 32.1 Å². The van der Waals surface area contributed by atoms with E-state index >= 15 is 0 Å². The van der Waals surface area contributed by atoms with Crippen molar-refractivity contribution in [2.24, 2.45) is 18.0 Å². The number of hydrogen-bond donors (Lipinski definition) is 2. The first-order valence-corrected chi connectivity index (χ1v) is 9.07. The summed E-state index contributed by atoms with van der Waals surface area (Å²) >= 11 is 0. The van der Waals surface area contributed by atoms with Crippen LogP contribution in [0.25, 0.3) is 0 Å². The minimum atomic E-state index is -0.955. The first-order chi connectivity index (χ1) is 13.9. The number of allylic oxidation sites excluding steroid dienone is 1. The van der Waals surface area contributed by atoms with Crippen molar-refractivity contribution < 1.29 is 14.3 Å². The molecule has 9 heteroatoms. The van der Waals surface area contributed by atoms with Gasteiger partial charge in [-0.3, -0.25) is 14.4 Å². The molecule has 0 spiro atoms. The topological polar surface area (TPSA) is 115 Å². The summed E-state index contributed by atoms with van der Waals surface area (Å²) in [6, 6.07) is 9.79. The SMILES string of the molecule is C/C=C1\Nc2ccccc2N=C(NC(=O)c2ccc(=O)n(C)n2)[C@@H]1C(=O)OCC. The molecule has 1 atom stereocenters. The van der Waals surface area contributed by atoms with Gasteiger partial charge >= 0.3 is 5.97 Å². The second-order valence-electron chi connectivity index (χ2n) is 6.20. The van der Waals surface area contributed by atoms with Crippen LogP contribution in [0, 0.1) is 5.92 Å². The van der Waals surface area contributed by atoms with Gasteiger partial charge in [0.2, 0.25) is 0 Å². The van der Waals surface area contributed by atoms with E-state index in [1.807, 2.05) is 12.1 Å². The molecule has 2 heterocycles. The number of para-hydroxylation sites is 2. The molecule has 1 amide bonds. The molecule has 9 nitrogen and oxygen atoms in total. The lowest BCUT2D eigenvalue weighted by molar-refractivity contribution is -0.144. The van der Waals surface area contributed by atoms with Crippen LogP contribution in [0.3, 0.4) is 0 Å². The predicted molar refractivity (Wildman–Crippen MR) is 108 cm³/mol. The van der Waals surface area contributed by atoms with E-state index in [0.717, 1.165) is 4.68 Å². The zero-order valence-electron chi connectivity index (χ0n) is 16.3. The molecular weight excluding hydrogens is 374 g/mol. The fourth-order valence-corrected chi connectivity index (χ4v) is 2.85. The largest absolute Gasteiger partial charge is 0.465 e. The molecule has 0 fully saturated rings. The number of nitrogens with one attached hydrogen (secondary N) is 2. The Morgan fingerprint density at radius 1 is 1.28 bits per heavy atom. The molecule has 0 bridgehead atoms. The number of benzene rings is 1. The summed E-state index contributed by atoms with van der Waals surface area (Å²) < 4.78 is 6.26. The van der Waals surface area contributed by atoms with Gasteiger partial charge in [-0.2, -0.15) is 5.10 Å². The molecule has 0 saturated carbocycles. The molecule has 1 aromatic heterocycles. The van der Waals surface area contributed by atoms with Gasteiger partial charge in [-0.05, 0) is 32.0 Å². The Balaban J connectivity index is 2.05. The van der Waals surface area contributed by atoms with E-state index in [-0.39, 0.29) is 23.7 Å². The Morgan fingerprint density at radius 2 is 2.03 bits per heavy atom. The number of hydrogen-bond acceptors (Lipinski definition) is 7. The van der Waals surface area contributed by atoms with Gasteiger partial charge in [-0.25, -0.2) is 9.67 Å². The Morgan fingerprint density at radius 3 is 2.72 bits per heavy atom. The van der Waals surface area contributed by atoms with E-state index in [9.17, 15) is 14.4 Å². The number of aliphatic imine (C=N–C) groups is 1. The number of carbonyl (C=O) groups excluding carboxylic acids is 2. The van der Waals surface area contributed by atoms with Crippen molar-refractivity contribution in [1.29, 1.82) is 0 Å². The molecule has 1 aliphatic rings. The maximum Gasteiger partial charge on any atom is 0.322 e. The normalized spacial score (nSPS) is 16.9. The zero-order valence-corrected chi connectivity index (χ0v) is 16.3. The molecule has 0 radical (unpaired) electrons. The molecule has 1 aromatic carbocycles. The third-order valence-corrected chi connectivity index (χ3v) is 4.28. The predicted octanol–water partition coefficient (Wildman–Crippen LogP) is 1.75. The molecule has 2 aromatic rings. The van der Waals surface area contributed by atoms with Crippen molar-refractivity contribution in [3.05, 3.63) is 64.2 Å². The summed E-state index contributed by atoms with van der Waals surface area (Å²) in [5.41, 5.74) is 1.46. The highest BCUT2D eigenvalue weighted by Gasteiger charge is 2.34. The minimum Gasteiger partial charge on any atom is -0.465 e. The van der Waals surface area contributed by atoms with Crippen LogP contribution in [0.2, 0.25) is 0 Å². The van der Waals surface area contributed by atoms with Gasteiger partial charge in [0.05, 0.1) is 18.0 Å². The Labute approximate surface area is 167 Å². The molecule has 150 valence electrons. The third kappa shape index (κ3) is 4.23. The van der Waals surface area contributed by atoms with E-state index < -0.39 is 17.8 Å². The number of amidine groups is 1. The van der Waals surface area contributed by atoms with E-state index in [1.165, 1.54) is 19.2 Å². The van der Waals surface area contributed by atoms with Gasteiger partial charge < -0.3 is 15.4 Å². The molecular formula is C20H21N5O4. The summed E-state index contributed by atoms with van der Waals surface area (Å²) in [6.07, 6.45) is 1.73. The molecule has 29 heavy (non-hydrogen) atoms. The fraction of sp³-hybridized carbons (Fsp3) is 0.250. The van der Waals surface area contributed by atoms with Gasteiger partial charge in [0.15, 0.2) is 5.92 Å². The Hall–Kier alpha value is -3.75. The highest BCUT2D eigenvalue weighted by atomic mass is 16.5. The maximum atomic E-state index is 12.8. The quantitative estimate of drug-likeness (QED) is 0.765. The van der Waals surface area contributed by atoms with Crippen LogP contribution in [-0.2, 0) is 16.6 Å². The maximum absolute atomic E-state index is 12.8. The third-order valence-electron chi connectivity index (χ3n) is 4.28. The zero-order chi connectivity index (χ0) is 21.0. The van der Waals surface area contributed by atoms with Gasteiger partial charge in [0, 0.05) is 18.8 Å². The van der Waals surface area contributed by atoms with Crippen LogP contribution in [0.1, 0.15) is 24.3 Å². The number of aromatic nitrogens is 2. The second kappa shape index (κ2) is 8.51. The van der Waals surface area contributed by atoms with Crippen molar-refractivity contribution in [2.45, 2.75) is 13.8 Å². The summed E-state index contributed by atoms with van der Waals surface area (Å²) in [6.45, 7) is 3.66. The lowest BCUT2D eigenvalue weighted by Crippen LogP contribution is -2.42. The van der Waals surface area contributed by atoms with Gasteiger partial charge in [-0.15, -0.1) is 0 Å². The van der Waals surface area contributed by atoms with E-state index in [4.69, 9.17) is 4.74 Å². The number of aryl methyl sites for hydroxylation is 1. The molecule has 0 unspecified atom stereocenters. The van der Waals surface area contributed by atoms with Crippen molar-refractivity contribution in [1.82, 2.24) is 15.1 Å². The standard InChI is InChI=1S/C20H21N5O4/c1-4-12-17(20(28)29-5-2)18(22-14-9-7-6-8-13(14)21-12)23-19(27)15-10-11-16(26)25(3)24-15/h4,6-11,17,21H,5H2,1-3H3,(H,22,23,27)/b12-4-/t17-/m1/s1. The van der Waals surface area contributed by atoms with Crippen LogP contribution in [0.15, 0.2) is 58.0 Å². The summed E-state index contributed by atoms with van der Waals surface area (Å²) in [4.78, 5) is 41.5. The number of carbonyl (C=O) groups is 2. The minimum absolute atomic E-state index is 0.0185. The van der Waals surface area contributed by atoms with Crippen LogP contribution in [0.4, 0.5) is 11.4 Å². The number of anilines is 1. The average molecular weight is 395 g/mol. The van der Waals surface area contributed by atoms with Gasteiger partial charge in [-0.1, -0.05) is 18.2 Å². The molecule has 0 aliphatic carbocycles. The van der Waals surface area contributed by atoms with Gasteiger partial charge in [0.25, 0.3) is 11.5 Å². The van der Waals surface area contributed by atoms with Crippen LogP contribution < -0.4 is 16.2 Å². The number of ether oxygens (including phenoxy) is 1. The van der Waals surface area contributed by atoms with Crippen LogP contribution >= 0.6 is 0 Å². The first kappa shape index (κ1) is 20.0. The van der Waals surface area contributed by atoms with Crippen molar-refractivity contribution >= 4 is 29.1 Å². The molecule has 2 N–H and O–H groups in total. The lowest BCUT2D eigenvalue weighted by Gasteiger charge is -2.20. The Kier molecular flexibility index (Phi) is 5.87. The number of nitrogens with zero attached hydrogens (tertiary/aromatic N) is 3. The first-order valence-electron chi connectivity index (χ1n) is 9.07. The average Bonchev–Trinajstić information content (AvgIpc) is 2.86. The molecule has 3 rings (SSSR count). The van der Waals surface area contributed by atoms with Gasteiger partial charge in [0.1, 0.15) is 11.5 Å². The second-order valence-corrected chi connectivity index (χ2v) is 6.20. The smallest absolute Gasteiger partial charge is 0.322 e. The number of amides is 1. The van der Waals surface area contributed by atoms with Crippen molar-refractivity contribution in [2.75, 3.05) is 11.9 Å². The Bertz CT molecular complexity index is 1070. The number of rotatable bonds is 3. The van der Waals surface area contributed by atoms with E-state index in [2.05, 4.69) is 20.7 Å². The fourth-order valence-electron chi connectivity index (χ4n) is 2.85. The summed E-state index contributed by atoms with van der Waals surface area (Å²) in [5, 5.41) is 9.80. The summed E-state index contributed by atoms with van der Waals surface area (Å²) in [5.74, 6) is -1.99. The van der Waals surface area contributed by atoms with Crippen molar-refractivity contribution in [3.63, 3.8) is 0 Å². The highest BCUT2D eigenvalue weighted by molar-refractivity contribution is 6.14. The summed E-state index contributed by atoms with van der Waals surface area (Å²) in [7, 11) is 1.45. The number of fused-ring (bicyclic) bond motifs is 1. The molecule has 1 aliphatic heterocycles. The molecule has 0 saturated heterocycles. The van der Waals surface area contributed by atoms with Crippen molar-refractivity contribution in [3.8, 4) is 0 Å². The van der Waals surface area contributed by atoms with E-state index in [0.29, 0.717) is 17.1 Å². The van der Waals surface area contributed by atoms with Crippen LogP contribution in [0.5, 0.6) is 0 Å². The number of esters is 1. The highest BCUT2D eigenvalue weighted by Crippen LogP contribution is 2.32.